The van der Waals surface area contributed by atoms with E-state index in [2.05, 4.69) is 6.92 Å². The van der Waals surface area contributed by atoms with E-state index in [1.54, 1.807) is 0 Å². The highest BCUT2D eigenvalue weighted by Crippen LogP contribution is 2.34. The summed E-state index contributed by atoms with van der Waals surface area (Å²) in [5, 5.41) is 18.5. The predicted octanol–water partition coefficient (Wildman–Crippen LogP) is 3.01. The van der Waals surface area contributed by atoms with Crippen molar-refractivity contribution in [2.24, 2.45) is 5.92 Å². The van der Waals surface area contributed by atoms with Gasteiger partial charge in [-0.15, -0.1) is 0 Å². The molecule has 2 nitrogen and oxygen atoms in total. The third-order valence-electron chi connectivity index (χ3n) is 3.36. The molecule has 0 radical (unpaired) electrons. The highest BCUT2D eigenvalue weighted by atomic mass is 16.3. The van der Waals surface area contributed by atoms with E-state index in [0.717, 1.165) is 18.8 Å². The minimum atomic E-state index is -0.999. The standard InChI is InChI=1S/C12H21NO/c1-2-3-4-5-11-6-8-12(14,10-13)9-7-11/h11,14H,2-9H2,1H3. The summed E-state index contributed by atoms with van der Waals surface area (Å²) in [4.78, 5) is 0. The Hall–Kier alpha value is -0.550. The van der Waals surface area contributed by atoms with Crippen LogP contribution < -0.4 is 0 Å². The summed E-state index contributed by atoms with van der Waals surface area (Å²) in [7, 11) is 0. The van der Waals surface area contributed by atoms with E-state index in [4.69, 9.17) is 5.26 Å². The molecule has 0 heterocycles. The summed E-state index contributed by atoms with van der Waals surface area (Å²) in [6.07, 6.45) is 8.62. The SMILES string of the molecule is CCCCCC1CCC(O)(C#N)CC1. The lowest BCUT2D eigenvalue weighted by Crippen LogP contribution is -2.32. The molecular weight excluding hydrogens is 174 g/mol. The zero-order valence-electron chi connectivity index (χ0n) is 9.13. The summed E-state index contributed by atoms with van der Waals surface area (Å²) in [5.41, 5.74) is -0.999. The molecule has 1 fully saturated rings. The van der Waals surface area contributed by atoms with E-state index in [1.807, 2.05) is 6.07 Å². The Morgan fingerprint density at radius 3 is 2.50 bits per heavy atom. The van der Waals surface area contributed by atoms with E-state index < -0.39 is 5.60 Å². The highest BCUT2D eigenvalue weighted by molar-refractivity contribution is 5.02. The number of hydrogen-bond donors (Lipinski definition) is 1. The van der Waals surface area contributed by atoms with Gasteiger partial charge in [0.1, 0.15) is 0 Å². The first kappa shape index (κ1) is 11.5. The first-order valence-electron chi connectivity index (χ1n) is 5.84. The Balaban J connectivity index is 2.20. The van der Waals surface area contributed by atoms with Crippen LogP contribution in [0.5, 0.6) is 0 Å². The molecule has 0 saturated heterocycles. The lowest BCUT2D eigenvalue weighted by molar-refractivity contribution is 0.0405. The average Bonchev–Trinajstić information content (AvgIpc) is 2.22. The van der Waals surface area contributed by atoms with Crippen molar-refractivity contribution < 1.29 is 5.11 Å². The summed E-state index contributed by atoms with van der Waals surface area (Å²) in [6, 6.07) is 2.02. The topological polar surface area (TPSA) is 44.0 Å². The van der Waals surface area contributed by atoms with Crippen molar-refractivity contribution in [3.8, 4) is 6.07 Å². The molecule has 0 amide bonds. The summed E-state index contributed by atoms with van der Waals surface area (Å²) in [6.45, 7) is 2.22. The highest BCUT2D eigenvalue weighted by Gasteiger charge is 2.32. The monoisotopic (exact) mass is 195 g/mol. The smallest absolute Gasteiger partial charge is 0.151 e. The van der Waals surface area contributed by atoms with Gasteiger partial charge in [0.25, 0.3) is 0 Å². The molecule has 0 atom stereocenters. The van der Waals surface area contributed by atoms with Gasteiger partial charge in [0.05, 0.1) is 6.07 Å². The fourth-order valence-corrected chi connectivity index (χ4v) is 2.24. The van der Waals surface area contributed by atoms with Gasteiger partial charge < -0.3 is 5.11 Å². The number of nitriles is 1. The quantitative estimate of drug-likeness (QED) is 0.553. The fraction of sp³-hybridized carbons (Fsp3) is 0.917. The fourth-order valence-electron chi connectivity index (χ4n) is 2.24. The van der Waals surface area contributed by atoms with Crippen molar-refractivity contribution >= 4 is 0 Å². The number of hydrogen-bond acceptors (Lipinski definition) is 2. The molecule has 0 aromatic heterocycles. The Morgan fingerprint density at radius 2 is 2.00 bits per heavy atom. The average molecular weight is 195 g/mol. The zero-order chi connectivity index (χ0) is 10.4. The van der Waals surface area contributed by atoms with E-state index in [0.29, 0.717) is 12.8 Å². The lowest BCUT2D eigenvalue weighted by Gasteiger charge is -2.30. The maximum absolute atomic E-state index is 9.71. The van der Waals surface area contributed by atoms with Crippen LogP contribution in [-0.4, -0.2) is 10.7 Å². The Kier molecular flexibility index (Phi) is 4.41. The van der Waals surface area contributed by atoms with Crippen LogP contribution in [0.4, 0.5) is 0 Å². The molecule has 0 spiro atoms. The summed E-state index contributed by atoms with van der Waals surface area (Å²) < 4.78 is 0. The molecule has 1 N–H and O–H groups in total. The van der Waals surface area contributed by atoms with Crippen molar-refractivity contribution in [3.63, 3.8) is 0 Å². The molecular formula is C12H21NO. The minimum absolute atomic E-state index is 0.681. The van der Waals surface area contributed by atoms with Crippen LogP contribution in [-0.2, 0) is 0 Å². The third kappa shape index (κ3) is 3.31. The molecule has 14 heavy (non-hydrogen) atoms. The summed E-state index contributed by atoms with van der Waals surface area (Å²) in [5.74, 6) is 0.759. The van der Waals surface area contributed by atoms with Crippen molar-refractivity contribution in [1.82, 2.24) is 0 Å². The van der Waals surface area contributed by atoms with Crippen molar-refractivity contribution in [1.29, 1.82) is 5.26 Å². The Bertz CT molecular complexity index is 199. The first-order chi connectivity index (χ1) is 6.70. The van der Waals surface area contributed by atoms with Crippen LogP contribution in [0.15, 0.2) is 0 Å². The van der Waals surface area contributed by atoms with Crippen LogP contribution in [0.2, 0.25) is 0 Å². The maximum atomic E-state index is 9.71. The number of unbranched alkanes of at least 4 members (excludes halogenated alkanes) is 2. The van der Waals surface area contributed by atoms with Gasteiger partial charge >= 0.3 is 0 Å². The normalized spacial score (nSPS) is 32.5. The van der Waals surface area contributed by atoms with E-state index in [9.17, 15) is 5.11 Å². The number of nitrogens with zero attached hydrogens (tertiary/aromatic N) is 1. The number of aliphatic hydroxyl groups is 1. The van der Waals surface area contributed by atoms with E-state index in [1.165, 1.54) is 25.7 Å². The van der Waals surface area contributed by atoms with Gasteiger partial charge in [-0.3, -0.25) is 0 Å². The molecule has 0 aliphatic heterocycles. The molecule has 1 aliphatic carbocycles. The van der Waals surface area contributed by atoms with Gasteiger partial charge in [0.15, 0.2) is 5.60 Å². The van der Waals surface area contributed by atoms with Gasteiger partial charge in [-0.05, 0) is 31.6 Å². The third-order valence-corrected chi connectivity index (χ3v) is 3.36. The Labute approximate surface area is 86.9 Å². The number of rotatable bonds is 4. The first-order valence-corrected chi connectivity index (χ1v) is 5.84. The molecule has 0 aromatic carbocycles. The second kappa shape index (κ2) is 5.36. The van der Waals surface area contributed by atoms with Crippen LogP contribution in [0.3, 0.4) is 0 Å². The largest absolute Gasteiger partial charge is 0.375 e. The van der Waals surface area contributed by atoms with Gasteiger partial charge in [0, 0.05) is 0 Å². The van der Waals surface area contributed by atoms with Crippen molar-refractivity contribution in [3.05, 3.63) is 0 Å². The van der Waals surface area contributed by atoms with Crippen molar-refractivity contribution in [2.75, 3.05) is 0 Å². The van der Waals surface area contributed by atoms with Crippen LogP contribution in [0.25, 0.3) is 0 Å². The predicted molar refractivity (Wildman–Crippen MR) is 56.7 cm³/mol. The van der Waals surface area contributed by atoms with Gasteiger partial charge in [0.2, 0.25) is 0 Å². The second-order valence-electron chi connectivity index (χ2n) is 4.58. The molecule has 2 heteroatoms. The van der Waals surface area contributed by atoms with Crippen LogP contribution >= 0.6 is 0 Å². The van der Waals surface area contributed by atoms with Gasteiger partial charge in [-0.1, -0.05) is 32.6 Å². The molecule has 1 saturated carbocycles. The maximum Gasteiger partial charge on any atom is 0.151 e. The molecule has 0 bridgehead atoms. The van der Waals surface area contributed by atoms with Crippen LogP contribution in [0.1, 0.15) is 58.3 Å². The Morgan fingerprint density at radius 1 is 1.36 bits per heavy atom. The molecule has 0 aromatic rings. The summed E-state index contributed by atoms with van der Waals surface area (Å²) >= 11 is 0. The molecule has 1 aliphatic rings. The van der Waals surface area contributed by atoms with Crippen LogP contribution in [0, 0.1) is 17.2 Å². The lowest BCUT2D eigenvalue weighted by atomic mass is 9.78. The zero-order valence-corrected chi connectivity index (χ0v) is 9.13. The minimum Gasteiger partial charge on any atom is -0.375 e. The van der Waals surface area contributed by atoms with E-state index in [-0.39, 0.29) is 0 Å². The second-order valence-corrected chi connectivity index (χ2v) is 4.58. The molecule has 0 unspecified atom stereocenters. The van der Waals surface area contributed by atoms with Gasteiger partial charge in [-0.25, -0.2) is 0 Å². The van der Waals surface area contributed by atoms with E-state index >= 15 is 0 Å². The molecule has 80 valence electrons. The molecule has 1 rings (SSSR count). The van der Waals surface area contributed by atoms with Gasteiger partial charge in [-0.2, -0.15) is 5.26 Å². The van der Waals surface area contributed by atoms with Crippen molar-refractivity contribution in [2.45, 2.75) is 63.9 Å².